The average Bonchev–Trinajstić information content (AvgIpc) is 3.40. The summed E-state index contributed by atoms with van der Waals surface area (Å²) in [7, 11) is 1.34. The topological polar surface area (TPSA) is 82.5 Å². The van der Waals surface area contributed by atoms with E-state index >= 15 is 0 Å². The van der Waals surface area contributed by atoms with E-state index < -0.39 is 17.9 Å². The molecule has 0 spiro atoms. The number of carbonyl (C=O) groups excluding carboxylic acids is 2. The van der Waals surface area contributed by atoms with Crippen molar-refractivity contribution in [2.45, 2.75) is 26.3 Å². The molecule has 7 heteroatoms. The first kappa shape index (κ1) is 24.7. The number of carbonyl (C=O) groups is 2. The van der Waals surface area contributed by atoms with Crippen LogP contribution in [0.1, 0.15) is 36.5 Å². The molecule has 1 atom stereocenters. The zero-order chi connectivity index (χ0) is 25.5. The van der Waals surface area contributed by atoms with Gasteiger partial charge in [-0.1, -0.05) is 60.7 Å². The van der Waals surface area contributed by atoms with E-state index in [1.165, 1.54) is 12.7 Å². The second kappa shape index (κ2) is 11.4. The van der Waals surface area contributed by atoms with Gasteiger partial charge in [0.25, 0.3) is 0 Å². The summed E-state index contributed by atoms with van der Waals surface area (Å²) >= 11 is 0. The minimum atomic E-state index is -0.584. The van der Waals surface area contributed by atoms with Gasteiger partial charge in [0.1, 0.15) is 6.61 Å². The first-order valence-corrected chi connectivity index (χ1v) is 11.7. The molecule has 1 aliphatic rings. The van der Waals surface area contributed by atoms with E-state index in [4.69, 9.17) is 9.47 Å². The van der Waals surface area contributed by atoms with Crippen LogP contribution in [0.3, 0.4) is 0 Å². The molecule has 0 bridgehead atoms. The molecule has 7 nitrogen and oxygen atoms in total. The molecule has 1 N–H and O–H groups in total. The van der Waals surface area contributed by atoms with Gasteiger partial charge in [0.15, 0.2) is 0 Å². The van der Waals surface area contributed by atoms with Crippen LogP contribution in [0, 0.1) is 0 Å². The third-order valence-corrected chi connectivity index (χ3v) is 6.04. The van der Waals surface area contributed by atoms with Crippen molar-refractivity contribution in [1.29, 1.82) is 0 Å². The van der Waals surface area contributed by atoms with Gasteiger partial charge in [-0.25, -0.2) is 14.6 Å². The number of ether oxygens (including phenoxy) is 2. The Balaban J connectivity index is 1.45. The molecule has 1 unspecified atom stereocenters. The van der Waals surface area contributed by atoms with Crippen molar-refractivity contribution < 1.29 is 19.1 Å². The third kappa shape index (κ3) is 5.63. The molecule has 0 radical (unpaired) electrons. The molecule has 0 aliphatic carbocycles. The van der Waals surface area contributed by atoms with Gasteiger partial charge >= 0.3 is 11.9 Å². The molecule has 0 saturated heterocycles. The van der Waals surface area contributed by atoms with Crippen LogP contribution in [0.4, 0.5) is 0 Å². The van der Waals surface area contributed by atoms with Crippen LogP contribution in [0.2, 0.25) is 0 Å². The molecule has 0 fully saturated rings. The molecule has 0 saturated carbocycles. The van der Waals surface area contributed by atoms with Crippen LogP contribution in [0.15, 0.2) is 102 Å². The number of esters is 2. The van der Waals surface area contributed by atoms with Gasteiger partial charge < -0.3 is 19.4 Å². The standard InChI is InChI=1S/C29H29N3O4/c1-20-25(28(33)35-3)27(24-9-5-4-6-10-24)26(21(2)31-20)29(34)36-17-7-8-22-11-13-23(14-12-22)18-32-16-15-30-19-32/h4-16,19,27,31H,17-18H2,1-3H3. The molecule has 0 amide bonds. The second-order valence-corrected chi connectivity index (χ2v) is 8.52. The highest BCUT2D eigenvalue weighted by molar-refractivity contribution is 5.99. The maximum atomic E-state index is 13.2. The summed E-state index contributed by atoms with van der Waals surface area (Å²) < 4.78 is 12.6. The highest BCUT2D eigenvalue weighted by Crippen LogP contribution is 2.39. The average molecular weight is 484 g/mol. The Labute approximate surface area is 210 Å². The number of methoxy groups -OCH3 is 1. The van der Waals surface area contributed by atoms with Gasteiger partial charge in [0.2, 0.25) is 0 Å². The number of dihydropyridines is 1. The fourth-order valence-electron chi connectivity index (χ4n) is 4.33. The quantitative estimate of drug-likeness (QED) is 0.472. The smallest absolute Gasteiger partial charge is 0.337 e. The largest absolute Gasteiger partial charge is 0.466 e. The SMILES string of the molecule is COC(=O)C1=C(C)NC(C)=C(C(=O)OCC=Cc2ccc(Cn3ccnc3)cc2)C1c1ccccc1. The van der Waals surface area contributed by atoms with Gasteiger partial charge in [-0.2, -0.15) is 0 Å². The highest BCUT2D eigenvalue weighted by atomic mass is 16.5. The number of imidazole rings is 1. The Morgan fingerprint density at radius 1 is 1.00 bits per heavy atom. The van der Waals surface area contributed by atoms with E-state index in [1.54, 1.807) is 25.5 Å². The summed E-state index contributed by atoms with van der Waals surface area (Å²) in [5.41, 5.74) is 5.08. The first-order chi connectivity index (χ1) is 17.5. The lowest BCUT2D eigenvalue weighted by atomic mass is 9.80. The van der Waals surface area contributed by atoms with E-state index in [-0.39, 0.29) is 6.61 Å². The van der Waals surface area contributed by atoms with E-state index in [2.05, 4.69) is 22.4 Å². The molecule has 2 heterocycles. The van der Waals surface area contributed by atoms with Crippen LogP contribution < -0.4 is 5.32 Å². The molecule has 4 rings (SSSR count). The fraction of sp³-hybridized carbons (Fsp3) is 0.207. The molecule has 36 heavy (non-hydrogen) atoms. The number of nitrogens with one attached hydrogen (secondary N) is 1. The number of benzene rings is 2. The third-order valence-electron chi connectivity index (χ3n) is 6.04. The number of hydrogen-bond acceptors (Lipinski definition) is 6. The van der Waals surface area contributed by atoms with Gasteiger partial charge in [0, 0.05) is 30.3 Å². The fourth-order valence-corrected chi connectivity index (χ4v) is 4.33. The minimum Gasteiger partial charge on any atom is -0.466 e. The first-order valence-electron chi connectivity index (χ1n) is 11.7. The van der Waals surface area contributed by atoms with Crippen LogP contribution in [0.5, 0.6) is 0 Å². The van der Waals surface area contributed by atoms with E-state index in [0.717, 1.165) is 17.7 Å². The van der Waals surface area contributed by atoms with Crippen LogP contribution >= 0.6 is 0 Å². The maximum Gasteiger partial charge on any atom is 0.337 e. The zero-order valence-corrected chi connectivity index (χ0v) is 20.6. The summed E-state index contributed by atoms with van der Waals surface area (Å²) in [6.07, 6.45) is 9.18. The highest BCUT2D eigenvalue weighted by Gasteiger charge is 2.37. The van der Waals surface area contributed by atoms with Crippen molar-refractivity contribution in [3.63, 3.8) is 0 Å². The summed E-state index contributed by atoms with van der Waals surface area (Å²) in [5, 5.41) is 3.15. The van der Waals surface area contributed by atoms with E-state index in [0.29, 0.717) is 22.5 Å². The Bertz CT molecular complexity index is 1300. The van der Waals surface area contributed by atoms with Gasteiger partial charge in [0.05, 0.1) is 30.5 Å². The Kier molecular flexibility index (Phi) is 7.80. The monoisotopic (exact) mass is 483 g/mol. The van der Waals surface area contributed by atoms with Crippen LogP contribution in [-0.2, 0) is 25.6 Å². The van der Waals surface area contributed by atoms with E-state index in [9.17, 15) is 9.59 Å². The Hall–Kier alpha value is -4.39. The van der Waals surface area contributed by atoms with Crippen molar-refractivity contribution in [2.75, 3.05) is 13.7 Å². The molecular formula is C29H29N3O4. The van der Waals surface area contributed by atoms with E-state index in [1.807, 2.05) is 66.2 Å². The molecule has 1 aromatic heterocycles. The minimum absolute atomic E-state index is 0.101. The summed E-state index contributed by atoms with van der Waals surface area (Å²) in [6, 6.07) is 17.6. The van der Waals surface area contributed by atoms with Crippen LogP contribution in [0.25, 0.3) is 6.08 Å². The normalized spacial score (nSPS) is 15.7. The second-order valence-electron chi connectivity index (χ2n) is 8.52. The van der Waals surface area contributed by atoms with Crippen molar-refractivity contribution >= 4 is 18.0 Å². The predicted molar refractivity (Wildman–Crippen MR) is 137 cm³/mol. The molecular weight excluding hydrogens is 454 g/mol. The maximum absolute atomic E-state index is 13.2. The lowest BCUT2D eigenvalue weighted by Crippen LogP contribution is -2.32. The van der Waals surface area contributed by atoms with Crippen molar-refractivity contribution in [2.24, 2.45) is 0 Å². The summed E-state index contributed by atoms with van der Waals surface area (Å²) in [4.78, 5) is 29.9. The van der Waals surface area contributed by atoms with Gasteiger partial charge in [-0.05, 0) is 36.6 Å². The number of rotatable bonds is 8. The number of allylic oxidation sites excluding steroid dienone is 2. The number of aromatic nitrogens is 2. The van der Waals surface area contributed by atoms with Crippen molar-refractivity contribution in [3.05, 3.63) is 119 Å². The van der Waals surface area contributed by atoms with Gasteiger partial charge in [-0.15, -0.1) is 0 Å². The summed E-state index contributed by atoms with van der Waals surface area (Å²) in [5.74, 6) is -1.55. The van der Waals surface area contributed by atoms with Crippen LogP contribution in [-0.4, -0.2) is 35.2 Å². The molecule has 184 valence electrons. The lowest BCUT2D eigenvalue weighted by molar-refractivity contribution is -0.138. The molecule has 1 aliphatic heterocycles. The molecule has 2 aromatic carbocycles. The zero-order valence-electron chi connectivity index (χ0n) is 20.6. The Morgan fingerprint density at radius 3 is 2.33 bits per heavy atom. The lowest BCUT2D eigenvalue weighted by Gasteiger charge is -2.30. The predicted octanol–water partition coefficient (Wildman–Crippen LogP) is 4.60. The Morgan fingerprint density at radius 2 is 1.69 bits per heavy atom. The number of nitrogens with zero attached hydrogens (tertiary/aromatic N) is 2. The molecule has 3 aromatic rings. The van der Waals surface area contributed by atoms with Crippen molar-refractivity contribution in [3.8, 4) is 0 Å². The summed E-state index contributed by atoms with van der Waals surface area (Å²) in [6.45, 7) is 4.47. The van der Waals surface area contributed by atoms with Gasteiger partial charge in [-0.3, -0.25) is 0 Å². The number of hydrogen-bond donors (Lipinski definition) is 1. The van der Waals surface area contributed by atoms with Crippen molar-refractivity contribution in [1.82, 2.24) is 14.9 Å².